The molecule has 1 fully saturated rings. The van der Waals surface area contributed by atoms with Crippen LogP contribution in [0.4, 0.5) is 0 Å². The Morgan fingerprint density at radius 2 is 0.889 bits per heavy atom. The molecule has 0 aromatic rings. The van der Waals surface area contributed by atoms with E-state index in [1.54, 1.807) is 0 Å². The Hall–Kier alpha value is 0. The van der Waals surface area contributed by atoms with E-state index in [4.69, 9.17) is 0 Å². The van der Waals surface area contributed by atoms with Gasteiger partial charge >= 0.3 is 0 Å². The molecule has 1 saturated carbocycles. The van der Waals surface area contributed by atoms with Crippen molar-refractivity contribution in [1.82, 2.24) is 0 Å². The van der Waals surface area contributed by atoms with Crippen LogP contribution in [-0.4, -0.2) is 0 Å². The van der Waals surface area contributed by atoms with Crippen molar-refractivity contribution in [2.45, 2.75) is 93.9 Å². The van der Waals surface area contributed by atoms with E-state index >= 15 is 0 Å². The van der Waals surface area contributed by atoms with Crippen LogP contribution >= 0.6 is 0 Å². The first-order chi connectivity index (χ1) is 8.53. The van der Waals surface area contributed by atoms with Crippen LogP contribution in [0.15, 0.2) is 0 Å². The van der Waals surface area contributed by atoms with Crippen molar-refractivity contribution >= 4 is 0 Å². The molecule has 1 rings (SSSR count). The van der Waals surface area contributed by atoms with E-state index in [1.807, 2.05) is 13.8 Å². The molecular formula is C18H40. The van der Waals surface area contributed by atoms with Gasteiger partial charge in [0, 0.05) is 0 Å². The van der Waals surface area contributed by atoms with Gasteiger partial charge in [-0.2, -0.15) is 0 Å². The van der Waals surface area contributed by atoms with Crippen molar-refractivity contribution in [2.24, 2.45) is 23.7 Å². The maximum atomic E-state index is 2.38. The van der Waals surface area contributed by atoms with E-state index in [0.717, 1.165) is 23.7 Å². The first kappa shape index (κ1) is 20.3. The molecule has 0 unspecified atom stereocenters. The molecule has 0 bridgehead atoms. The molecule has 0 amide bonds. The average molecular weight is 257 g/mol. The van der Waals surface area contributed by atoms with Gasteiger partial charge in [-0.05, 0) is 42.9 Å². The van der Waals surface area contributed by atoms with E-state index in [2.05, 4.69) is 41.5 Å². The molecule has 0 N–H and O–H groups in total. The Morgan fingerprint density at radius 1 is 0.667 bits per heavy atom. The van der Waals surface area contributed by atoms with Crippen molar-refractivity contribution in [3.8, 4) is 0 Å². The van der Waals surface area contributed by atoms with Crippen LogP contribution < -0.4 is 0 Å². The summed E-state index contributed by atoms with van der Waals surface area (Å²) in [5.41, 5.74) is 0. The minimum absolute atomic E-state index is 0.986. The lowest BCUT2D eigenvalue weighted by atomic mass is 9.78. The van der Waals surface area contributed by atoms with Gasteiger partial charge in [0.15, 0.2) is 0 Å². The second kappa shape index (κ2) is 13.4. The van der Waals surface area contributed by atoms with E-state index in [-0.39, 0.29) is 0 Å². The monoisotopic (exact) mass is 256 g/mol. The molecule has 18 heavy (non-hydrogen) atoms. The predicted octanol–water partition coefficient (Wildman–Crippen LogP) is 6.94. The predicted molar refractivity (Wildman–Crippen MR) is 87.1 cm³/mol. The molecule has 0 heteroatoms. The Labute approximate surface area is 118 Å². The summed E-state index contributed by atoms with van der Waals surface area (Å²) >= 11 is 0. The highest BCUT2D eigenvalue weighted by atomic mass is 14.3. The molecule has 112 valence electrons. The lowest BCUT2D eigenvalue weighted by Crippen LogP contribution is -2.16. The molecule has 0 saturated heterocycles. The first-order valence-electron chi connectivity index (χ1n) is 8.53. The highest BCUT2D eigenvalue weighted by Gasteiger charge is 2.19. The summed E-state index contributed by atoms with van der Waals surface area (Å²) in [5.74, 6) is 3.95. The minimum atomic E-state index is 0.986. The van der Waals surface area contributed by atoms with Gasteiger partial charge in [0.25, 0.3) is 0 Å². The van der Waals surface area contributed by atoms with Crippen LogP contribution in [0.2, 0.25) is 0 Å². The fraction of sp³-hybridized carbons (Fsp3) is 1.00. The molecule has 0 aromatic carbocycles. The van der Waals surface area contributed by atoms with Crippen molar-refractivity contribution in [1.29, 1.82) is 0 Å². The Bertz CT molecular complexity index is 116. The maximum Gasteiger partial charge on any atom is -0.0422 e. The highest BCUT2D eigenvalue weighted by molar-refractivity contribution is 4.71. The van der Waals surface area contributed by atoms with Gasteiger partial charge < -0.3 is 0 Å². The van der Waals surface area contributed by atoms with Crippen LogP contribution in [0.1, 0.15) is 93.9 Å². The van der Waals surface area contributed by atoms with Crippen LogP contribution in [0.25, 0.3) is 0 Å². The van der Waals surface area contributed by atoms with Crippen molar-refractivity contribution in [3.05, 3.63) is 0 Å². The minimum Gasteiger partial charge on any atom is -0.0683 e. The third-order valence-corrected chi connectivity index (χ3v) is 4.15. The molecule has 0 heterocycles. The van der Waals surface area contributed by atoms with E-state index in [0.29, 0.717) is 0 Å². The van der Waals surface area contributed by atoms with Crippen molar-refractivity contribution in [2.75, 3.05) is 0 Å². The lowest BCUT2D eigenvalue weighted by Gasteiger charge is -2.28. The van der Waals surface area contributed by atoms with E-state index in [9.17, 15) is 0 Å². The summed E-state index contributed by atoms with van der Waals surface area (Å²) in [6.45, 7) is 17.9. The summed E-state index contributed by atoms with van der Waals surface area (Å²) in [5, 5.41) is 0. The summed E-state index contributed by atoms with van der Waals surface area (Å²) < 4.78 is 0. The largest absolute Gasteiger partial charge is 0.0683 e. The molecule has 0 atom stereocenters. The summed E-state index contributed by atoms with van der Waals surface area (Å²) in [4.78, 5) is 0. The smallest absolute Gasteiger partial charge is 0.0422 e. The van der Waals surface area contributed by atoms with Gasteiger partial charge in [-0.1, -0.05) is 74.7 Å². The standard InChI is InChI=1S/C9H18.C7H16.C2H6/c1-7-4-8(2)6-9(3)5-7;1-4-7(5-2)6-3;1-2/h7-9H,4-6H2,1-3H3;7H,4-6H2,1-3H3;1-2H3. The summed E-state index contributed by atoms with van der Waals surface area (Å²) in [7, 11) is 0. The van der Waals surface area contributed by atoms with Crippen LogP contribution in [0.5, 0.6) is 0 Å². The molecule has 0 aromatic heterocycles. The third-order valence-electron chi connectivity index (χ3n) is 4.15. The normalized spacial score (nSPS) is 26.8. The van der Waals surface area contributed by atoms with Gasteiger partial charge in [0.1, 0.15) is 0 Å². The zero-order valence-corrected chi connectivity index (χ0v) is 14.6. The summed E-state index contributed by atoms with van der Waals surface area (Å²) in [6, 6.07) is 0. The quantitative estimate of drug-likeness (QED) is 0.513. The zero-order valence-electron chi connectivity index (χ0n) is 14.6. The SMILES string of the molecule is CC.CC1CC(C)CC(C)C1.CCC(CC)CC. The third kappa shape index (κ3) is 11.1. The Kier molecular flexibility index (Phi) is 15.2. The molecule has 0 nitrogen and oxygen atoms in total. The number of hydrogen-bond acceptors (Lipinski definition) is 0. The molecule has 1 aliphatic carbocycles. The molecule has 0 aliphatic heterocycles. The van der Waals surface area contributed by atoms with Gasteiger partial charge in [0.2, 0.25) is 0 Å². The summed E-state index contributed by atoms with van der Waals surface area (Å²) in [6.07, 6.45) is 8.45. The second-order valence-electron chi connectivity index (χ2n) is 6.11. The van der Waals surface area contributed by atoms with Crippen molar-refractivity contribution in [3.63, 3.8) is 0 Å². The van der Waals surface area contributed by atoms with Gasteiger partial charge in [-0.25, -0.2) is 0 Å². The topological polar surface area (TPSA) is 0 Å². The fourth-order valence-corrected chi connectivity index (χ4v) is 3.22. The van der Waals surface area contributed by atoms with Gasteiger partial charge in [-0.3, -0.25) is 0 Å². The van der Waals surface area contributed by atoms with Gasteiger partial charge in [-0.15, -0.1) is 0 Å². The highest BCUT2D eigenvalue weighted by Crippen LogP contribution is 2.31. The lowest BCUT2D eigenvalue weighted by molar-refractivity contribution is 0.233. The van der Waals surface area contributed by atoms with E-state index < -0.39 is 0 Å². The Balaban J connectivity index is 0. The van der Waals surface area contributed by atoms with Crippen LogP contribution in [0, 0.1) is 23.7 Å². The van der Waals surface area contributed by atoms with E-state index in [1.165, 1.54) is 38.5 Å². The van der Waals surface area contributed by atoms with Crippen LogP contribution in [0.3, 0.4) is 0 Å². The zero-order chi connectivity index (χ0) is 14.6. The first-order valence-corrected chi connectivity index (χ1v) is 8.53. The molecule has 1 aliphatic rings. The molecular weight excluding hydrogens is 216 g/mol. The maximum absolute atomic E-state index is 2.38. The van der Waals surface area contributed by atoms with Crippen molar-refractivity contribution < 1.29 is 0 Å². The molecule has 0 spiro atoms. The average Bonchev–Trinajstić information content (AvgIpc) is 2.33. The fourth-order valence-electron chi connectivity index (χ4n) is 3.22. The Morgan fingerprint density at radius 3 is 1.00 bits per heavy atom. The van der Waals surface area contributed by atoms with Gasteiger partial charge in [0.05, 0.1) is 0 Å². The number of hydrogen-bond donors (Lipinski definition) is 0. The van der Waals surface area contributed by atoms with Crippen LogP contribution in [-0.2, 0) is 0 Å². The second-order valence-corrected chi connectivity index (χ2v) is 6.11. The molecule has 0 radical (unpaired) electrons. The number of rotatable bonds is 3.